The van der Waals surface area contributed by atoms with Crippen LogP contribution in [0.1, 0.15) is 20.3 Å². The largest absolute Gasteiger partial charge is 0.481 e. The predicted octanol–water partition coefficient (Wildman–Crippen LogP) is 1.89. The van der Waals surface area contributed by atoms with Crippen LogP contribution in [0, 0.1) is 10.1 Å². The van der Waals surface area contributed by atoms with Gasteiger partial charge in [-0.2, -0.15) is 0 Å². The van der Waals surface area contributed by atoms with Crippen LogP contribution in [-0.2, 0) is 4.79 Å². The molecule has 0 bridgehead atoms. The fraction of sp³-hybridized carbons (Fsp3) is 0.417. The number of carbonyl (C=O) groups excluding carboxylic acids is 1. The summed E-state index contributed by atoms with van der Waals surface area (Å²) >= 11 is 0. The molecule has 6 heteroatoms. The van der Waals surface area contributed by atoms with E-state index in [4.69, 9.17) is 4.74 Å². The topological polar surface area (TPSA) is 81.5 Å². The first-order chi connectivity index (χ1) is 8.54. The lowest BCUT2D eigenvalue weighted by molar-refractivity contribution is -0.384. The number of ether oxygens (including phenoxy) is 1. The molecule has 98 valence electrons. The zero-order valence-electron chi connectivity index (χ0n) is 10.4. The molecule has 1 atom stereocenters. The fourth-order valence-corrected chi connectivity index (χ4v) is 1.32. The third kappa shape index (κ3) is 4.04. The molecular weight excluding hydrogens is 236 g/mol. The van der Waals surface area contributed by atoms with E-state index in [1.165, 1.54) is 18.2 Å². The van der Waals surface area contributed by atoms with Gasteiger partial charge in [0.25, 0.3) is 11.6 Å². The second kappa shape index (κ2) is 6.58. The van der Waals surface area contributed by atoms with Crippen molar-refractivity contribution < 1.29 is 14.5 Å². The molecule has 0 aliphatic rings. The third-order valence-electron chi connectivity index (χ3n) is 2.26. The van der Waals surface area contributed by atoms with Crippen LogP contribution in [-0.4, -0.2) is 23.5 Å². The molecule has 0 radical (unpaired) electrons. The van der Waals surface area contributed by atoms with Crippen LogP contribution in [0.25, 0.3) is 0 Å². The molecule has 0 fully saturated rings. The summed E-state index contributed by atoms with van der Waals surface area (Å²) in [5, 5.41) is 13.3. The number of nitro groups is 1. The Morgan fingerprint density at radius 2 is 2.28 bits per heavy atom. The molecule has 0 unspecified atom stereocenters. The van der Waals surface area contributed by atoms with Crippen LogP contribution < -0.4 is 10.1 Å². The molecule has 0 saturated carbocycles. The quantitative estimate of drug-likeness (QED) is 0.619. The van der Waals surface area contributed by atoms with Crippen molar-refractivity contribution in [2.45, 2.75) is 26.4 Å². The van der Waals surface area contributed by atoms with Crippen LogP contribution in [0.2, 0.25) is 0 Å². The molecule has 6 nitrogen and oxygen atoms in total. The predicted molar refractivity (Wildman–Crippen MR) is 66.5 cm³/mol. The van der Waals surface area contributed by atoms with Gasteiger partial charge in [0.1, 0.15) is 5.75 Å². The summed E-state index contributed by atoms with van der Waals surface area (Å²) in [7, 11) is 0. The molecule has 1 amide bonds. The van der Waals surface area contributed by atoms with Gasteiger partial charge in [-0.25, -0.2) is 0 Å². The molecule has 18 heavy (non-hydrogen) atoms. The molecule has 1 aromatic carbocycles. The molecule has 0 spiro atoms. The molecule has 0 aliphatic carbocycles. The lowest BCUT2D eigenvalue weighted by Crippen LogP contribution is -2.36. The SMILES string of the molecule is CCCNC(=O)[C@@H](C)Oc1cccc([N+](=O)[O-])c1. The van der Waals surface area contributed by atoms with Gasteiger partial charge < -0.3 is 10.1 Å². The zero-order valence-corrected chi connectivity index (χ0v) is 10.4. The average molecular weight is 252 g/mol. The minimum atomic E-state index is -0.682. The monoisotopic (exact) mass is 252 g/mol. The van der Waals surface area contributed by atoms with E-state index in [2.05, 4.69) is 5.32 Å². The number of hydrogen-bond donors (Lipinski definition) is 1. The zero-order chi connectivity index (χ0) is 13.5. The summed E-state index contributed by atoms with van der Waals surface area (Å²) in [5.74, 6) is 0.0757. The molecule has 0 aliphatic heterocycles. The second-order valence-corrected chi connectivity index (χ2v) is 3.81. The van der Waals surface area contributed by atoms with E-state index in [0.717, 1.165) is 6.42 Å². The first-order valence-corrected chi connectivity index (χ1v) is 5.73. The number of benzene rings is 1. The molecule has 1 rings (SSSR count). The van der Waals surface area contributed by atoms with Gasteiger partial charge in [0.2, 0.25) is 0 Å². The minimum Gasteiger partial charge on any atom is -0.481 e. The highest BCUT2D eigenvalue weighted by atomic mass is 16.6. The number of hydrogen-bond acceptors (Lipinski definition) is 4. The maximum atomic E-state index is 11.6. The summed E-state index contributed by atoms with van der Waals surface area (Å²) in [6.45, 7) is 4.14. The molecule has 0 heterocycles. The van der Waals surface area contributed by atoms with Gasteiger partial charge in [0.05, 0.1) is 11.0 Å². The molecule has 1 N–H and O–H groups in total. The van der Waals surface area contributed by atoms with Gasteiger partial charge in [-0.1, -0.05) is 13.0 Å². The van der Waals surface area contributed by atoms with Crippen LogP contribution >= 0.6 is 0 Å². The maximum absolute atomic E-state index is 11.6. The lowest BCUT2D eigenvalue weighted by atomic mass is 10.3. The Morgan fingerprint density at radius 1 is 1.56 bits per heavy atom. The molecule has 0 saturated heterocycles. The van der Waals surface area contributed by atoms with Crippen molar-refractivity contribution in [2.24, 2.45) is 0 Å². The molecule has 1 aromatic rings. The summed E-state index contributed by atoms with van der Waals surface area (Å²) < 4.78 is 5.35. The highest BCUT2D eigenvalue weighted by Gasteiger charge is 2.15. The van der Waals surface area contributed by atoms with Crippen molar-refractivity contribution in [2.75, 3.05) is 6.54 Å². The standard InChI is InChI=1S/C12H16N2O4/c1-3-7-13-12(15)9(2)18-11-6-4-5-10(8-11)14(16)17/h4-6,8-9H,3,7H2,1-2H3,(H,13,15)/t9-/m1/s1. The number of non-ortho nitro benzene ring substituents is 1. The average Bonchev–Trinajstić information content (AvgIpc) is 2.36. The van der Waals surface area contributed by atoms with Gasteiger partial charge in [0.15, 0.2) is 6.10 Å². The van der Waals surface area contributed by atoms with Gasteiger partial charge >= 0.3 is 0 Å². The minimum absolute atomic E-state index is 0.0614. The lowest BCUT2D eigenvalue weighted by Gasteiger charge is -2.14. The Hall–Kier alpha value is -2.11. The summed E-state index contributed by atoms with van der Waals surface area (Å²) in [6.07, 6.45) is 0.161. The van der Waals surface area contributed by atoms with Gasteiger partial charge in [-0.3, -0.25) is 14.9 Å². The van der Waals surface area contributed by atoms with Crippen molar-refractivity contribution in [1.29, 1.82) is 0 Å². The van der Waals surface area contributed by atoms with Crippen molar-refractivity contribution in [1.82, 2.24) is 5.32 Å². The van der Waals surface area contributed by atoms with Crippen molar-refractivity contribution in [3.8, 4) is 5.75 Å². The number of nitrogens with one attached hydrogen (secondary N) is 1. The Labute approximate surface area is 105 Å². The van der Waals surface area contributed by atoms with Gasteiger partial charge in [0, 0.05) is 12.6 Å². The smallest absolute Gasteiger partial charge is 0.273 e. The number of carbonyl (C=O) groups is 1. The van der Waals surface area contributed by atoms with E-state index in [1.807, 2.05) is 6.92 Å². The Morgan fingerprint density at radius 3 is 2.89 bits per heavy atom. The molecule has 0 aromatic heterocycles. The third-order valence-corrected chi connectivity index (χ3v) is 2.26. The molecular formula is C12H16N2O4. The Balaban J connectivity index is 2.63. The van der Waals surface area contributed by atoms with Crippen LogP contribution in [0.3, 0.4) is 0 Å². The highest BCUT2D eigenvalue weighted by molar-refractivity contribution is 5.80. The number of nitrogens with zero attached hydrogens (tertiary/aromatic N) is 1. The first kappa shape index (κ1) is 14.0. The van der Waals surface area contributed by atoms with Crippen LogP contribution in [0.5, 0.6) is 5.75 Å². The maximum Gasteiger partial charge on any atom is 0.273 e. The van der Waals surface area contributed by atoms with E-state index in [-0.39, 0.29) is 11.6 Å². The Bertz CT molecular complexity index is 434. The van der Waals surface area contributed by atoms with E-state index in [9.17, 15) is 14.9 Å². The summed E-state index contributed by atoms with van der Waals surface area (Å²) in [4.78, 5) is 21.6. The van der Waals surface area contributed by atoms with Crippen molar-refractivity contribution in [3.05, 3.63) is 34.4 Å². The van der Waals surface area contributed by atoms with Gasteiger partial charge in [-0.15, -0.1) is 0 Å². The van der Waals surface area contributed by atoms with E-state index in [1.54, 1.807) is 13.0 Å². The van der Waals surface area contributed by atoms with E-state index in [0.29, 0.717) is 12.3 Å². The van der Waals surface area contributed by atoms with Crippen LogP contribution in [0.15, 0.2) is 24.3 Å². The number of amides is 1. The summed E-state index contributed by atoms with van der Waals surface area (Å²) in [6, 6.07) is 5.76. The van der Waals surface area contributed by atoms with E-state index < -0.39 is 11.0 Å². The first-order valence-electron chi connectivity index (χ1n) is 5.73. The summed E-state index contributed by atoms with van der Waals surface area (Å²) in [5.41, 5.74) is -0.0614. The van der Waals surface area contributed by atoms with Gasteiger partial charge in [-0.05, 0) is 19.4 Å². The highest BCUT2D eigenvalue weighted by Crippen LogP contribution is 2.20. The fourth-order valence-electron chi connectivity index (χ4n) is 1.32. The van der Waals surface area contributed by atoms with Crippen molar-refractivity contribution in [3.63, 3.8) is 0 Å². The Kier molecular flexibility index (Phi) is 5.10. The number of nitro benzene ring substituents is 1. The number of rotatable bonds is 6. The normalized spacial score (nSPS) is 11.7. The van der Waals surface area contributed by atoms with Crippen LogP contribution in [0.4, 0.5) is 5.69 Å². The van der Waals surface area contributed by atoms with Crippen molar-refractivity contribution >= 4 is 11.6 Å². The second-order valence-electron chi connectivity index (χ2n) is 3.81. The van der Waals surface area contributed by atoms with E-state index >= 15 is 0 Å².